The molecule has 1 aromatic rings. The highest BCUT2D eigenvalue weighted by molar-refractivity contribution is 14.0. The molecule has 0 saturated carbocycles. The monoisotopic (exact) mass is 519 g/mol. The van der Waals surface area contributed by atoms with E-state index in [1.54, 1.807) is 20.4 Å². The molecule has 0 aromatic carbocycles. The molecule has 1 saturated heterocycles. The lowest BCUT2D eigenvalue weighted by Gasteiger charge is -2.34. The summed E-state index contributed by atoms with van der Waals surface area (Å²) in [5, 5.41) is 6.70. The molecule has 9 heteroatoms. The summed E-state index contributed by atoms with van der Waals surface area (Å²) in [6.07, 6.45) is 4.11. The smallest absolute Gasteiger partial charge is 0.243 e. The van der Waals surface area contributed by atoms with Gasteiger partial charge in [-0.05, 0) is 25.0 Å². The highest BCUT2D eigenvalue weighted by Gasteiger charge is 2.24. The van der Waals surface area contributed by atoms with Crippen molar-refractivity contribution in [2.75, 3.05) is 40.3 Å². The van der Waals surface area contributed by atoms with Crippen LogP contribution in [-0.4, -0.2) is 73.9 Å². The van der Waals surface area contributed by atoms with Crippen molar-refractivity contribution in [3.05, 3.63) is 24.2 Å². The van der Waals surface area contributed by atoms with E-state index in [4.69, 9.17) is 4.42 Å². The largest absolute Gasteiger partial charge is 0.469 e. The summed E-state index contributed by atoms with van der Waals surface area (Å²) >= 11 is 0. The maximum Gasteiger partial charge on any atom is 0.243 e. The Morgan fingerprint density at radius 1 is 1.31 bits per heavy atom. The number of amides is 2. The van der Waals surface area contributed by atoms with Gasteiger partial charge in [-0.3, -0.25) is 9.59 Å². The first kappa shape index (κ1) is 25.3. The summed E-state index contributed by atoms with van der Waals surface area (Å²) in [4.78, 5) is 31.9. The van der Waals surface area contributed by atoms with Crippen LogP contribution in [0.25, 0.3) is 0 Å². The average molecular weight is 519 g/mol. The average Bonchev–Trinajstić information content (AvgIpc) is 3.19. The van der Waals surface area contributed by atoms with Gasteiger partial charge in [-0.25, -0.2) is 4.99 Å². The van der Waals surface area contributed by atoms with Crippen LogP contribution < -0.4 is 10.6 Å². The van der Waals surface area contributed by atoms with Crippen LogP contribution >= 0.6 is 24.0 Å². The van der Waals surface area contributed by atoms with Crippen molar-refractivity contribution in [2.24, 2.45) is 10.9 Å². The number of carbonyl (C=O) groups is 2. The van der Waals surface area contributed by atoms with Crippen LogP contribution in [0, 0.1) is 5.92 Å². The Bertz CT molecular complexity index is 653. The zero-order valence-electron chi connectivity index (χ0n) is 17.8. The number of nitrogens with one attached hydrogen (secondary N) is 2. The summed E-state index contributed by atoms with van der Waals surface area (Å²) < 4.78 is 5.35. The second-order valence-electron chi connectivity index (χ2n) is 7.61. The van der Waals surface area contributed by atoms with Crippen LogP contribution in [0.15, 0.2) is 27.8 Å². The number of hydrogen-bond donors (Lipinski definition) is 2. The molecule has 1 aromatic heterocycles. The third kappa shape index (κ3) is 8.63. The molecular weight excluding hydrogens is 485 g/mol. The SMILES string of the molecule is CC(C)C(=O)N1CCC(NC(=NCC(=O)N(C)C)NCCc2ccco2)CC1.I. The van der Waals surface area contributed by atoms with Crippen molar-refractivity contribution in [3.63, 3.8) is 0 Å². The molecule has 0 aliphatic carbocycles. The number of likely N-dealkylation sites (N-methyl/N-ethyl adjacent to an activating group) is 1. The molecule has 8 nitrogen and oxygen atoms in total. The first-order valence-electron chi connectivity index (χ1n) is 9.93. The lowest BCUT2D eigenvalue weighted by atomic mass is 10.0. The summed E-state index contributed by atoms with van der Waals surface area (Å²) in [6.45, 7) is 6.09. The maximum atomic E-state index is 12.1. The normalized spacial score (nSPS) is 15.1. The quantitative estimate of drug-likeness (QED) is 0.325. The first-order valence-corrected chi connectivity index (χ1v) is 9.93. The Balaban J connectivity index is 0.00000420. The highest BCUT2D eigenvalue weighted by atomic mass is 127. The molecule has 0 spiro atoms. The van der Waals surface area contributed by atoms with Crippen molar-refractivity contribution in [3.8, 4) is 0 Å². The Labute approximate surface area is 190 Å². The predicted octanol–water partition coefficient (Wildman–Crippen LogP) is 1.71. The highest BCUT2D eigenvalue weighted by Crippen LogP contribution is 2.13. The van der Waals surface area contributed by atoms with E-state index in [9.17, 15) is 9.59 Å². The van der Waals surface area contributed by atoms with Gasteiger partial charge < -0.3 is 24.9 Å². The van der Waals surface area contributed by atoms with Gasteiger partial charge in [0.15, 0.2) is 5.96 Å². The lowest BCUT2D eigenvalue weighted by molar-refractivity contribution is -0.135. The van der Waals surface area contributed by atoms with Crippen LogP contribution in [-0.2, 0) is 16.0 Å². The number of hydrogen-bond acceptors (Lipinski definition) is 4. The molecule has 1 fully saturated rings. The van der Waals surface area contributed by atoms with E-state index in [-0.39, 0.29) is 54.3 Å². The molecule has 29 heavy (non-hydrogen) atoms. The van der Waals surface area contributed by atoms with Crippen molar-refractivity contribution in [1.29, 1.82) is 0 Å². The van der Waals surface area contributed by atoms with E-state index in [2.05, 4.69) is 15.6 Å². The number of carbonyl (C=O) groups excluding carboxylic acids is 2. The number of halogens is 1. The zero-order chi connectivity index (χ0) is 20.5. The fraction of sp³-hybridized carbons (Fsp3) is 0.650. The van der Waals surface area contributed by atoms with Crippen molar-refractivity contribution < 1.29 is 14.0 Å². The van der Waals surface area contributed by atoms with E-state index in [1.165, 1.54) is 4.90 Å². The topological polar surface area (TPSA) is 90.2 Å². The lowest BCUT2D eigenvalue weighted by Crippen LogP contribution is -2.50. The van der Waals surface area contributed by atoms with E-state index in [0.29, 0.717) is 12.5 Å². The number of aliphatic imine (C=N–C) groups is 1. The number of furan rings is 1. The van der Waals surface area contributed by atoms with E-state index in [1.807, 2.05) is 30.9 Å². The minimum absolute atomic E-state index is 0. The summed E-state index contributed by atoms with van der Waals surface area (Å²) in [6, 6.07) is 4.02. The molecule has 2 rings (SSSR count). The number of rotatable bonds is 7. The number of guanidine groups is 1. The minimum Gasteiger partial charge on any atom is -0.469 e. The Morgan fingerprint density at radius 2 is 2.00 bits per heavy atom. The number of likely N-dealkylation sites (tertiary alicyclic amines) is 1. The number of nitrogens with zero attached hydrogens (tertiary/aromatic N) is 3. The van der Waals surface area contributed by atoms with Gasteiger partial charge >= 0.3 is 0 Å². The molecular formula is C20H34IN5O3. The fourth-order valence-electron chi connectivity index (χ4n) is 3.00. The van der Waals surface area contributed by atoms with Gasteiger partial charge in [0, 0.05) is 52.1 Å². The second kappa shape index (κ2) is 12.7. The van der Waals surface area contributed by atoms with Gasteiger partial charge in [0.1, 0.15) is 12.3 Å². The fourth-order valence-corrected chi connectivity index (χ4v) is 3.00. The molecule has 2 heterocycles. The molecule has 0 radical (unpaired) electrons. The summed E-state index contributed by atoms with van der Waals surface area (Å²) in [5.41, 5.74) is 0. The van der Waals surface area contributed by atoms with Crippen LogP contribution in [0.1, 0.15) is 32.4 Å². The van der Waals surface area contributed by atoms with Crippen LogP contribution in [0.3, 0.4) is 0 Å². The minimum atomic E-state index is -0.0514. The van der Waals surface area contributed by atoms with E-state index in [0.717, 1.165) is 38.1 Å². The Morgan fingerprint density at radius 3 is 2.55 bits per heavy atom. The first-order chi connectivity index (χ1) is 13.4. The zero-order valence-corrected chi connectivity index (χ0v) is 20.1. The summed E-state index contributed by atoms with van der Waals surface area (Å²) in [5.74, 6) is 1.71. The van der Waals surface area contributed by atoms with Crippen molar-refractivity contribution in [2.45, 2.75) is 39.2 Å². The number of piperidine rings is 1. The third-order valence-electron chi connectivity index (χ3n) is 4.76. The van der Waals surface area contributed by atoms with Gasteiger partial charge in [0.25, 0.3) is 0 Å². The maximum absolute atomic E-state index is 12.1. The Kier molecular flexibility index (Phi) is 11.1. The Hall–Kier alpha value is -1.78. The van der Waals surface area contributed by atoms with Crippen LogP contribution in [0.5, 0.6) is 0 Å². The molecule has 1 aliphatic rings. The van der Waals surface area contributed by atoms with Crippen molar-refractivity contribution in [1.82, 2.24) is 20.4 Å². The van der Waals surface area contributed by atoms with E-state index >= 15 is 0 Å². The van der Waals surface area contributed by atoms with Gasteiger partial charge in [-0.2, -0.15) is 0 Å². The molecule has 2 amide bonds. The summed E-state index contributed by atoms with van der Waals surface area (Å²) in [7, 11) is 3.44. The van der Waals surface area contributed by atoms with Gasteiger partial charge in [-0.15, -0.1) is 24.0 Å². The predicted molar refractivity (Wildman–Crippen MR) is 124 cm³/mol. The molecule has 0 unspecified atom stereocenters. The molecule has 0 atom stereocenters. The van der Waals surface area contributed by atoms with Crippen LogP contribution in [0.2, 0.25) is 0 Å². The second-order valence-corrected chi connectivity index (χ2v) is 7.61. The van der Waals surface area contributed by atoms with Crippen LogP contribution in [0.4, 0.5) is 0 Å². The van der Waals surface area contributed by atoms with Gasteiger partial charge in [-0.1, -0.05) is 13.8 Å². The molecule has 0 bridgehead atoms. The third-order valence-corrected chi connectivity index (χ3v) is 4.76. The van der Waals surface area contributed by atoms with Gasteiger partial charge in [0.05, 0.1) is 6.26 Å². The van der Waals surface area contributed by atoms with E-state index < -0.39 is 0 Å². The molecule has 164 valence electrons. The molecule has 1 aliphatic heterocycles. The molecule has 2 N–H and O–H groups in total. The standard InChI is InChI=1S/C20H33N5O3.HI/c1-15(2)19(27)25-11-8-16(9-12-25)23-20(22-14-18(26)24(3)4)21-10-7-17-6-5-13-28-17;/h5-6,13,15-16H,7-12,14H2,1-4H3,(H2,21,22,23);1H. The van der Waals surface area contributed by atoms with Crippen molar-refractivity contribution >= 4 is 41.8 Å². The van der Waals surface area contributed by atoms with Gasteiger partial charge in [0.2, 0.25) is 11.8 Å².